The zero-order valence-corrected chi connectivity index (χ0v) is 22.5. The van der Waals surface area contributed by atoms with Crippen molar-refractivity contribution in [1.82, 2.24) is 14.5 Å². The first-order valence-electron chi connectivity index (χ1n) is 11.7. The molecular formula is C26H28N4O4S2. The van der Waals surface area contributed by atoms with E-state index in [9.17, 15) is 14.4 Å². The lowest BCUT2D eigenvalue weighted by Gasteiger charge is -2.08. The Labute approximate surface area is 217 Å². The van der Waals surface area contributed by atoms with Crippen LogP contribution in [0.15, 0.2) is 40.8 Å². The number of thiophene rings is 1. The average molecular weight is 525 g/mol. The van der Waals surface area contributed by atoms with Crippen LogP contribution in [0.3, 0.4) is 0 Å². The van der Waals surface area contributed by atoms with Gasteiger partial charge < -0.3 is 10.1 Å². The van der Waals surface area contributed by atoms with E-state index in [0.29, 0.717) is 33.3 Å². The van der Waals surface area contributed by atoms with E-state index in [4.69, 9.17) is 4.74 Å². The first-order valence-corrected chi connectivity index (χ1v) is 13.3. The molecule has 0 spiro atoms. The number of benzene rings is 1. The van der Waals surface area contributed by atoms with Gasteiger partial charge in [0.25, 0.3) is 5.56 Å². The third-order valence-electron chi connectivity index (χ3n) is 5.54. The molecule has 0 fully saturated rings. The summed E-state index contributed by atoms with van der Waals surface area (Å²) in [4.78, 5) is 47.9. The maximum atomic E-state index is 13.3. The highest BCUT2D eigenvalue weighted by Gasteiger charge is 2.19. The van der Waals surface area contributed by atoms with Gasteiger partial charge in [-0.25, -0.2) is 14.8 Å². The van der Waals surface area contributed by atoms with Gasteiger partial charge in [0.1, 0.15) is 16.3 Å². The predicted octanol–water partition coefficient (Wildman–Crippen LogP) is 5.46. The van der Waals surface area contributed by atoms with Crippen molar-refractivity contribution in [1.29, 1.82) is 0 Å². The topological polar surface area (TPSA) is 103 Å². The molecule has 0 radical (unpaired) electrons. The zero-order valence-electron chi connectivity index (χ0n) is 20.8. The second kappa shape index (κ2) is 10.7. The van der Waals surface area contributed by atoms with E-state index < -0.39 is 11.9 Å². The van der Waals surface area contributed by atoms with Gasteiger partial charge in [-0.1, -0.05) is 63.3 Å². The summed E-state index contributed by atoms with van der Waals surface area (Å²) in [5.41, 5.74) is 3.15. The molecular weight excluding hydrogens is 496 g/mol. The summed E-state index contributed by atoms with van der Waals surface area (Å²) in [7, 11) is 0. The smallest absolute Gasteiger partial charge is 0.350 e. The molecule has 188 valence electrons. The number of fused-ring (bicyclic) bond motifs is 1. The number of carbonyl (C=O) groups is 2. The van der Waals surface area contributed by atoms with Crippen LogP contribution in [-0.4, -0.2) is 33.0 Å². The van der Waals surface area contributed by atoms with Gasteiger partial charge in [-0.3, -0.25) is 14.2 Å². The molecule has 0 bridgehead atoms. The van der Waals surface area contributed by atoms with Gasteiger partial charge in [-0.2, -0.15) is 0 Å². The molecule has 3 heterocycles. The molecule has 3 aromatic heterocycles. The van der Waals surface area contributed by atoms with E-state index in [1.807, 2.05) is 31.4 Å². The third-order valence-corrected chi connectivity index (χ3v) is 7.48. The normalized spacial score (nSPS) is 11.4. The first-order chi connectivity index (χ1) is 17.1. The van der Waals surface area contributed by atoms with Crippen molar-refractivity contribution in [2.24, 2.45) is 5.92 Å². The van der Waals surface area contributed by atoms with Gasteiger partial charge in [0.15, 0.2) is 5.13 Å². The number of ether oxygens (including phenoxy) is 1. The molecule has 0 aliphatic carbocycles. The van der Waals surface area contributed by atoms with Crippen molar-refractivity contribution in [3.63, 3.8) is 0 Å². The van der Waals surface area contributed by atoms with Crippen molar-refractivity contribution in [3.8, 4) is 11.1 Å². The second-order valence-electron chi connectivity index (χ2n) is 9.26. The minimum atomic E-state index is -0.462. The fraction of sp³-hybridized carbons (Fsp3) is 0.346. The van der Waals surface area contributed by atoms with Crippen molar-refractivity contribution >= 4 is 49.9 Å². The van der Waals surface area contributed by atoms with Gasteiger partial charge in [0.2, 0.25) is 5.91 Å². The molecule has 1 aromatic carbocycles. The number of anilines is 1. The Hall–Kier alpha value is -3.37. The zero-order chi connectivity index (χ0) is 26.0. The first kappa shape index (κ1) is 25.7. The number of hydrogen-bond acceptors (Lipinski definition) is 8. The molecule has 36 heavy (non-hydrogen) atoms. The molecule has 0 unspecified atom stereocenters. The summed E-state index contributed by atoms with van der Waals surface area (Å²) in [5, 5.41) is 5.37. The van der Waals surface area contributed by atoms with Crippen LogP contribution in [0.25, 0.3) is 21.3 Å². The molecule has 10 heteroatoms. The van der Waals surface area contributed by atoms with Crippen LogP contribution >= 0.6 is 22.7 Å². The fourth-order valence-corrected chi connectivity index (χ4v) is 5.38. The summed E-state index contributed by atoms with van der Waals surface area (Å²) in [5.74, 6) is -0.267. The summed E-state index contributed by atoms with van der Waals surface area (Å²) in [6, 6.07) is 8.15. The number of amides is 1. The molecule has 4 aromatic rings. The Bertz CT molecular complexity index is 1470. The van der Waals surface area contributed by atoms with Crippen molar-refractivity contribution in [2.45, 2.75) is 47.1 Å². The lowest BCUT2D eigenvalue weighted by Crippen LogP contribution is -2.27. The van der Waals surface area contributed by atoms with Gasteiger partial charge in [0, 0.05) is 10.9 Å². The summed E-state index contributed by atoms with van der Waals surface area (Å²) in [6.45, 7) is 9.94. The number of hydrogen-bond donors (Lipinski definition) is 1. The number of nitrogens with one attached hydrogen (secondary N) is 1. The Morgan fingerprint density at radius 2 is 1.86 bits per heavy atom. The SMILES string of the molecule is Cc1nc(NC(=O)Cn2cnc3scc(-c4ccc(C(C)C)cc4)c3c2=O)sc1C(=O)OCC(C)C. The van der Waals surface area contributed by atoms with E-state index in [0.717, 1.165) is 22.5 Å². The summed E-state index contributed by atoms with van der Waals surface area (Å²) < 4.78 is 6.55. The number of rotatable bonds is 8. The second-order valence-corrected chi connectivity index (χ2v) is 11.1. The van der Waals surface area contributed by atoms with Gasteiger partial charge in [0.05, 0.1) is 24.0 Å². The van der Waals surface area contributed by atoms with Crippen LogP contribution in [0.5, 0.6) is 0 Å². The predicted molar refractivity (Wildman–Crippen MR) is 144 cm³/mol. The highest BCUT2D eigenvalue weighted by atomic mass is 32.1. The molecule has 1 N–H and O–H groups in total. The Kier molecular flexibility index (Phi) is 7.65. The minimum Gasteiger partial charge on any atom is -0.461 e. The number of aromatic nitrogens is 3. The lowest BCUT2D eigenvalue weighted by molar-refractivity contribution is -0.116. The third kappa shape index (κ3) is 5.55. The van der Waals surface area contributed by atoms with E-state index >= 15 is 0 Å². The van der Waals surface area contributed by atoms with E-state index in [1.165, 1.54) is 27.8 Å². The van der Waals surface area contributed by atoms with Crippen molar-refractivity contribution in [2.75, 3.05) is 11.9 Å². The monoisotopic (exact) mass is 524 g/mol. The Morgan fingerprint density at radius 1 is 1.14 bits per heavy atom. The Morgan fingerprint density at radius 3 is 2.53 bits per heavy atom. The number of aryl methyl sites for hydroxylation is 1. The number of esters is 1. The van der Waals surface area contributed by atoms with Crippen LogP contribution in [0.1, 0.15) is 54.5 Å². The van der Waals surface area contributed by atoms with Crippen LogP contribution < -0.4 is 10.9 Å². The van der Waals surface area contributed by atoms with E-state index in [2.05, 4.69) is 41.3 Å². The quantitative estimate of drug-likeness (QED) is 0.307. The van der Waals surface area contributed by atoms with Gasteiger partial charge >= 0.3 is 5.97 Å². The number of nitrogens with zero attached hydrogens (tertiary/aromatic N) is 3. The number of thiazole rings is 1. The molecule has 0 atom stereocenters. The van der Waals surface area contributed by atoms with Gasteiger partial charge in [-0.05, 0) is 29.9 Å². The maximum Gasteiger partial charge on any atom is 0.350 e. The standard InChI is InChI=1S/C26H28N4O4S2/c1-14(2)11-34-25(33)22-16(5)28-26(36-22)29-20(31)10-30-13-27-23-21(24(30)32)19(12-35-23)18-8-6-17(7-9-18)15(3)4/h6-9,12-15H,10-11H2,1-5H3,(H,28,29,31). The molecule has 0 saturated carbocycles. The average Bonchev–Trinajstić information content (AvgIpc) is 3.43. The summed E-state index contributed by atoms with van der Waals surface area (Å²) in [6.07, 6.45) is 1.38. The van der Waals surface area contributed by atoms with Crippen LogP contribution in [0.4, 0.5) is 5.13 Å². The minimum absolute atomic E-state index is 0.216. The van der Waals surface area contributed by atoms with Crippen LogP contribution in [0.2, 0.25) is 0 Å². The summed E-state index contributed by atoms with van der Waals surface area (Å²) >= 11 is 2.45. The molecule has 0 saturated heterocycles. The van der Waals surface area contributed by atoms with E-state index in [-0.39, 0.29) is 23.2 Å². The van der Waals surface area contributed by atoms with Crippen LogP contribution in [0, 0.1) is 12.8 Å². The molecule has 4 rings (SSSR count). The highest BCUT2D eigenvalue weighted by Crippen LogP contribution is 2.31. The Balaban J connectivity index is 1.53. The lowest BCUT2D eigenvalue weighted by atomic mass is 9.99. The largest absolute Gasteiger partial charge is 0.461 e. The van der Waals surface area contributed by atoms with Crippen LogP contribution in [-0.2, 0) is 16.1 Å². The highest BCUT2D eigenvalue weighted by molar-refractivity contribution is 7.17. The van der Waals surface area contributed by atoms with Crippen molar-refractivity contribution < 1.29 is 14.3 Å². The fourth-order valence-electron chi connectivity index (χ4n) is 3.60. The molecule has 0 aliphatic heterocycles. The van der Waals surface area contributed by atoms with E-state index in [1.54, 1.807) is 6.92 Å². The number of carbonyl (C=O) groups excluding carboxylic acids is 2. The van der Waals surface area contributed by atoms with Gasteiger partial charge in [-0.15, -0.1) is 11.3 Å². The molecule has 8 nitrogen and oxygen atoms in total. The van der Waals surface area contributed by atoms with Crippen molar-refractivity contribution in [3.05, 3.63) is 62.5 Å². The maximum absolute atomic E-state index is 13.3. The molecule has 1 amide bonds. The molecule has 0 aliphatic rings.